The first kappa shape index (κ1) is 34.5. The monoisotopic (exact) mass is 700 g/mol. The van der Waals surface area contributed by atoms with Gasteiger partial charge in [0.15, 0.2) is 22.0 Å². The zero-order valence-electron chi connectivity index (χ0n) is 25.8. The van der Waals surface area contributed by atoms with Crippen LogP contribution in [0.4, 0.5) is 13.2 Å². The van der Waals surface area contributed by atoms with Crippen LogP contribution in [0.1, 0.15) is 46.9 Å². The van der Waals surface area contributed by atoms with Crippen LogP contribution in [-0.2, 0) is 20.9 Å². The molecular formula is C34H28ClF3N2O7S. The Hall–Kier alpha value is -4.88. The Morgan fingerprint density at radius 2 is 1.62 bits per heavy atom. The molecule has 0 fully saturated rings. The standard InChI is InChI=1S/C34H28ClF3N2O7S/c1-4-45-31(42)22-9-6-19(7-10-22)18-47-24-15-8-20(16-25(24)44-3)17-26-30(41)40-28(21-11-13-23(35)14-12-21)27(32(43)46-5-2)29(34(36,37)38)39-33(40)48-26/h6-17,28H,4-5,18H2,1-3H3/b26-17-/t28-/m0/s1. The molecule has 1 aliphatic rings. The number of carbonyl (C=O) groups excluding carboxylic acids is 2. The largest absolute Gasteiger partial charge is 0.493 e. The van der Waals surface area contributed by atoms with Gasteiger partial charge in [-0.25, -0.2) is 14.6 Å². The summed E-state index contributed by atoms with van der Waals surface area (Å²) in [6.07, 6.45) is -3.53. The van der Waals surface area contributed by atoms with E-state index in [0.717, 1.165) is 21.5 Å². The number of aromatic nitrogens is 1. The number of alkyl halides is 3. The van der Waals surface area contributed by atoms with Crippen LogP contribution in [0.2, 0.25) is 5.02 Å². The van der Waals surface area contributed by atoms with Gasteiger partial charge in [-0.05, 0) is 73.0 Å². The van der Waals surface area contributed by atoms with Gasteiger partial charge in [-0.1, -0.05) is 53.3 Å². The molecule has 3 aromatic carbocycles. The average Bonchev–Trinajstić information content (AvgIpc) is 3.37. The van der Waals surface area contributed by atoms with Crippen molar-refractivity contribution >= 4 is 41.0 Å². The maximum Gasteiger partial charge on any atom is 0.434 e. The second-order valence-corrected chi connectivity index (χ2v) is 11.7. The van der Waals surface area contributed by atoms with Crippen molar-refractivity contribution in [2.45, 2.75) is 32.7 Å². The lowest BCUT2D eigenvalue weighted by Gasteiger charge is -2.26. The lowest BCUT2D eigenvalue weighted by molar-refractivity contribution is -0.140. The van der Waals surface area contributed by atoms with Gasteiger partial charge in [0.2, 0.25) is 0 Å². The number of carbonyl (C=O) groups is 2. The molecule has 0 unspecified atom stereocenters. The molecular weight excluding hydrogens is 673 g/mol. The average molecular weight is 701 g/mol. The number of methoxy groups -OCH3 is 1. The fraction of sp³-hybridized carbons (Fsp3) is 0.235. The van der Waals surface area contributed by atoms with Crippen molar-refractivity contribution in [3.8, 4) is 11.5 Å². The van der Waals surface area contributed by atoms with E-state index in [0.29, 0.717) is 27.6 Å². The number of benzene rings is 3. The van der Waals surface area contributed by atoms with E-state index < -0.39 is 41.0 Å². The van der Waals surface area contributed by atoms with Gasteiger partial charge < -0.3 is 18.9 Å². The number of rotatable bonds is 10. The molecule has 48 heavy (non-hydrogen) atoms. The van der Waals surface area contributed by atoms with Crippen LogP contribution >= 0.6 is 22.9 Å². The van der Waals surface area contributed by atoms with Crippen LogP contribution in [0.15, 0.2) is 87.8 Å². The Morgan fingerprint density at radius 1 is 0.958 bits per heavy atom. The summed E-state index contributed by atoms with van der Waals surface area (Å²) in [7, 11) is 1.44. The fourth-order valence-electron chi connectivity index (χ4n) is 4.96. The first-order valence-corrected chi connectivity index (χ1v) is 15.8. The molecule has 2 heterocycles. The summed E-state index contributed by atoms with van der Waals surface area (Å²) in [5.74, 6) is -0.932. The van der Waals surface area contributed by atoms with Crippen molar-refractivity contribution < 1.29 is 41.7 Å². The number of nitrogens with zero attached hydrogens (tertiary/aromatic N) is 2. The fourth-order valence-corrected chi connectivity index (χ4v) is 6.08. The molecule has 0 saturated heterocycles. The van der Waals surface area contributed by atoms with Crippen LogP contribution in [0.25, 0.3) is 6.08 Å². The Kier molecular flexibility index (Phi) is 10.4. The van der Waals surface area contributed by atoms with Crippen LogP contribution in [0.3, 0.4) is 0 Å². The van der Waals surface area contributed by atoms with Gasteiger partial charge in [-0.2, -0.15) is 13.2 Å². The molecule has 1 atom stereocenters. The number of fused-ring (bicyclic) bond motifs is 1. The smallest absolute Gasteiger partial charge is 0.434 e. The normalized spacial score (nSPS) is 14.6. The lowest BCUT2D eigenvalue weighted by Crippen LogP contribution is -2.41. The summed E-state index contributed by atoms with van der Waals surface area (Å²) >= 11 is 6.78. The van der Waals surface area contributed by atoms with Gasteiger partial charge in [0.05, 0.1) is 42.0 Å². The highest BCUT2D eigenvalue weighted by atomic mass is 35.5. The van der Waals surface area contributed by atoms with E-state index in [1.165, 1.54) is 44.4 Å². The molecule has 250 valence electrons. The maximum absolute atomic E-state index is 14.3. The molecule has 0 N–H and O–H groups in total. The van der Waals surface area contributed by atoms with Gasteiger partial charge in [0.1, 0.15) is 6.61 Å². The molecule has 0 radical (unpaired) electrons. The number of thiazole rings is 1. The molecule has 1 aliphatic heterocycles. The minimum atomic E-state index is -5.02. The van der Waals surface area contributed by atoms with Crippen LogP contribution < -0.4 is 24.4 Å². The number of halogens is 4. The summed E-state index contributed by atoms with van der Waals surface area (Å²) in [6.45, 7) is 3.44. The predicted octanol–water partition coefficient (Wildman–Crippen LogP) is 5.76. The van der Waals surface area contributed by atoms with Crippen molar-refractivity contribution in [2.24, 2.45) is 4.99 Å². The first-order valence-electron chi connectivity index (χ1n) is 14.6. The molecule has 1 aromatic heterocycles. The Balaban J connectivity index is 1.52. The molecule has 0 bridgehead atoms. The second kappa shape index (κ2) is 14.5. The van der Waals surface area contributed by atoms with Crippen molar-refractivity contribution in [2.75, 3.05) is 20.3 Å². The maximum atomic E-state index is 14.3. The van der Waals surface area contributed by atoms with Crippen molar-refractivity contribution in [3.63, 3.8) is 0 Å². The first-order chi connectivity index (χ1) is 22.9. The van der Waals surface area contributed by atoms with E-state index in [1.807, 2.05) is 0 Å². The minimum Gasteiger partial charge on any atom is -0.493 e. The van der Waals surface area contributed by atoms with Gasteiger partial charge in [0, 0.05) is 5.02 Å². The van der Waals surface area contributed by atoms with Crippen LogP contribution in [0.5, 0.6) is 11.5 Å². The van der Waals surface area contributed by atoms with E-state index in [4.69, 9.17) is 30.5 Å². The molecule has 0 aliphatic carbocycles. The van der Waals surface area contributed by atoms with E-state index >= 15 is 0 Å². The van der Waals surface area contributed by atoms with E-state index in [1.54, 1.807) is 49.4 Å². The summed E-state index contributed by atoms with van der Waals surface area (Å²) in [6, 6.07) is 16.0. The Labute approximate surface area is 281 Å². The summed E-state index contributed by atoms with van der Waals surface area (Å²) in [5.41, 5.74) is -0.994. The number of esters is 2. The lowest BCUT2D eigenvalue weighted by atomic mass is 9.95. The molecule has 4 aromatic rings. The van der Waals surface area contributed by atoms with Gasteiger partial charge in [0.25, 0.3) is 5.56 Å². The molecule has 0 amide bonds. The highest BCUT2D eigenvalue weighted by Gasteiger charge is 2.45. The highest BCUT2D eigenvalue weighted by molar-refractivity contribution is 7.07. The van der Waals surface area contributed by atoms with Crippen molar-refractivity contribution in [1.82, 2.24) is 4.57 Å². The predicted molar refractivity (Wildman–Crippen MR) is 172 cm³/mol. The third-order valence-corrected chi connectivity index (χ3v) is 8.36. The zero-order valence-corrected chi connectivity index (χ0v) is 27.4. The summed E-state index contributed by atoms with van der Waals surface area (Å²) in [5, 5.41) is 0.317. The summed E-state index contributed by atoms with van der Waals surface area (Å²) in [4.78, 5) is 42.3. The van der Waals surface area contributed by atoms with Crippen molar-refractivity contribution in [3.05, 3.63) is 125 Å². The zero-order chi connectivity index (χ0) is 34.6. The molecule has 0 saturated carbocycles. The Bertz CT molecular complexity index is 2050. The third-order valence-electron chi connectivity index (χ3n) is 7.13. The van der Waals surface area contributed by atoms with E-state index in [2.05, 4.69) is 4.99 Å². The molecule has 0 spiro atoms. The van der Waals surface area contributed by atoms with E-state index in [-0.39, 0.29) is 34.7 Å². The number of allylic oxidation sites excluding steroid dienone is 1. The van der Waals surface area contributed by atoms with E-state index in [9.17, 15) is 27.6 Å². The Morgan fingerprint density at radius 3 is 2.25 bits per heavy atom. The van der Waals surface area contributed by atoms with Gasteiger partial charge >= 0.3 is 18.1 Å². The highest BCUT2D eigenvalue weighted by Crippen LogP contribution is 2.38. The quantitative estimate of drug-likeness (QED) is 0.194. The topological polar surface area (TPSA) is 105 Å². The third kappa shape index (κ3) is 7.32. The number of hydrogen-bond acceptors (Lipinski definition) is 9. The number of hydrogen-bond donors (Lipinski definition) is 0. The minimum absolute atomic E-state index is 0.0664. The van der Waals surface area contributed by atoms with Gasteiger partial charge in [-0.3, -0.25) is 9.36 Å². The van der Waals surface area contributed by atoms with Crippen LogP contribution in [-0.4, -0.2) is 43.0 Å². The van der Waals surface area contributed by atoms with Crippen LogP contribution in [0, 0.1) is 0 Å². The SMILES string of the molecule is CCOC(=O)C1=C(C(F)(F)F)N=c2s/c(=C\c3ccc(OCc4ccc(C(=O)OCC)cc4)c(OC)c3)c(=O)n2[C@H]1c1ccc(Cl)cc1. The van der Waals surface area contributed by atoms with Gasteiger partial charge in [-0.15, -0.1) is 0 Å². The second-order valence-electron chi connectivity index (χ2n) is 10.2. The molecule has 5 rings (SSSR count). The summed E-state index contributed by atoms with van der Waals surface area (Å²) < 4.78 is 65.6. The number of ether oxygens (including phenoxy) is 4. The molecule has 9 nitrogen and oxygen atoms in total. The van der Waals surface area contributed by atoms with Crippen molar-refractivity contribution in [1.29, 1.82) is 0 Å². The molecule has 14 heteroatoms.